The van der Waals surface area contributed by atoms with Crippen molar-refractivity contribution < 1.29 is 9.90 Å². The molecular weight excluding hydrogens is 224 g/mol. The number of nitrogens with two attached hydrogens (primary N) is 1. The lowest BCUT2D eigenvalue weighted by molar-refractivity contribution is -0.124. The topological polar surface area (TPSA) is 75.3 Å². The summed E-state index contributed by atoms with van der Waals surface area (Å²) in [5.41, 5.74) is 4.79. The predicted molar refractivity (Wildman–Crippen MR) is 69.5 cm³/mol. The third-order valence-corrected chi connectivity index (χ3v) is 3.65. The summed E-state index contributed by atoms with van der Waals surface area (Å²) in [5.74, 6) is 0.390. The maximum atomic E-state index is 11.4. The SMILES string of the molecule is CCCNC(C)(CC(C)SCCO)C(N)=O. The normalized spacial score (nSPS) is 16.8. The number of rotatable bonds is 9. The van der Waals surface area contributed by atoms with Gasteiger partial charge in [0.05, 0.1) is 12.1 Å². The number of thioether (sulfide) groups is 1. The van der Waals surface area contributed by atoms with Crippen LogP contribution < -0.4 is 11.1 Å². The molecule has 0 saturated heterocycles. The van der Waals surface area contributed by atoms with Crippen LogP contribution in [0.15, 0.2) is 0 Å². The quantitative estimate of drug-likeness (QED) is 0.562. The van der Waals surface area contributed by atoms with Crippen LogP contribution in [0.3, 0.4) is 0 Å². The van der Waals surface area contributed by atoms with Crippen LogP contribution in [0, 0.1) is 0 Å². The Morgan fingerprint density at radius 2 is 2.25 bits per heavy atom. The summed E-state index contributed by atoms with van der Waals surface area (Å²) in [6.07, 6.45) is 1.66. The van der Waals surface area contributed by atoms with Gasteiger partial charge in [-0.1, -0.05) is 13.8 Å². The number of nitrogens with one attached hydrogen (secondary N) is 1. The van der Waals surface area contributed by atoms with Crippen molar-refractivity contribution in [2.24, 2.45) is 5.73 Å². The highest BCUT2D eigenvalue weighted by Crippen LogP contribution is 2.21. The number of aliphatic hydroxyl groups is 1. The summed E-state index contributed by atoms with van der Waals surface area (Å²) in [6.45, 7) is 6.91. The molecule has 0 aromatic carbocycles. The van der Waals surface area contributed by atoms with Crippen molar-refractivity contribution in [2.45, 2.75) is 44.4 Å². The van der Waals surface area contributed by atoms with E-state index in [1.807, 2.05) is 6.92 Å². The van der Waals surface area contributed by atoms with Crippen LogP contribution in [0.1, 0.15) is 33.6 Å². The molecule has 0 aliphatic rings. The van der Waals surface area contributed by atoms with Gasteiger partial charge in [-0.3, -0.25) is 4.79 Å². The molecule has 0 rings (SSSR count). The molecule has 0 bridgehead atoms. The first kappa shape index (κ1) is 15.7. The van der Waals surface area contributed by atoms with Crippen molar-refractivity contribution in [2.75, 3.05) is 18.9 Å². The van der Waals surface area contributed by atoms with Crippen LogP contribution >= 0.6 is 11.8 Å². The monoisotopic (exact) mass is 248 g/mol. The van der Waals surface area contributed by atoms with E-state index in [9.17, 15) is 4.79 Å². The van der Waals surface area contributed by atoms with Gasteiger partial charge in [0.25, 0.3) is 0 Å². The van der Waals surface area contributed by atoms with E-state index >= 15 is 0 Å². The van der Waals surface area contributed by atoms with E-state index in [1.54, 1.807) is 11.8 Å². The average molecular weight is 248 g/mol. The number of amides is 1. The fourth-order valence-corrected chi connectivity index (χ4v) is 2.51. The molecule has 0 heterocycles. The second kappa shape index (κ2) is 7.92. The van der Waals surface area contributed by atoms with Gasteiger partial charge in [-0.05, 0) is 26.3 Å². The highest BCUT2D eigenvalue weighted by atomic mass is 32.2. The Balaban J connectivity index is 4.25. The second-order valence-electron chi connectivity index (χ2n) is 4.23. The summed E-state index contributed by atoms with van der Waals surface area (Å²) in [5, 5.41) is 12.2. The Morgan fingerprint density at radius 1 is 1.62 bits per heavy atom. The molecule has 0 radical (unpaired) electrons. The molecule has 2 atom stereocenters. The van der Waals surface area contributed by atoms with Crippen molar-refractivity contribution in [1.29, 1.82) is 0 Å². The van der Waals surface area contributed by atoms with Crippen molar-refractivity contribution in [3.8, 4) is 0 Å². The minimum absolute atomic E-state index is 0.171. The summed E-state index contributed by atoms with van der Waals surface area (Å²) >= 11 is 1.66. The van der Waals surface area contributed by atoms with E-state index in [4.69, 9.17) is 10.8 Å². The van der Waals surface area contributed by atoms with E-state index in [-0.39, 0.29) is 12.5 Å². The number of carbonyl (C=O) groups excluding carboxylic acids is 1. The van der Waals surface area contributed by atoms with Crippen LogP contribution in [0.25, 0.3) is 0 Å². The van der Waals surface area contributed by atoms with Gasteiger partial charge in [-0.25, -0.2) is 0 Å². The van der Waals surface area contributed by atoms with Gasteiger partial charge in [0.15, 0.2) is 0 Å². The van der Waals surface area contributed by atoms with Gasteiger partial charge in [0.1, 0.15) is 0 Å². The lowest BCUT2D eigenvalue weighted by Crippen LogP contribution is -2.54. The molecule has 0 aromatic heterocycles. The largest absolute Gasteiger partial charge is 0.396 e. The molecule has 5 heteroatoms. The maximum Gasteiger partial charge on any atom is 0.237 e. The van der Waals surface area contributed by atoms with E-state index in [0.717, 1.165) is 13.0 Å². The van der Waals surface area contributed by atoms with Crippen LogP contribution in [-0.2, 0) is 4.79 Å². The minimum Gasteiger partial charge on any atom is -0.396 e. The zero-order valence-electron chi connectivity index (χ0n) is 10.5. The van der Waals surface area contributed by atoms with Crippen molar-refractivity contribution in [3.63, 3.8) is 0 Å². The van der Waals surface area contributed by atoms with E-state index in [2.05, 4.69) is 19.2 Å². The van der Waals surface area contributed by atoms with Crippen molar-refractivity contribution in [3.05, 3.63) is 0 Å². The standard InChI is InChI=1S/C11H24N2O2S/c1-4-5-13-11(3,10(12)15)8-9(2)16-7-6-14/h9,13-14H,4-8H2,1-3H3,(H2,12,15). The Bertz CT molecular complexity index is 214. The second-order valence-corrected chi connectivity index (χ2v) is 5.78. The molecule has 4 N–H and O–H groups in total. The molecule has 2 unspecified atom stereocenters. The fourth-order valence-electron chi connectivity index (χ4n) is 1.55. The number of hydrogen-bond donors (Lipinski definition) is 3. The summed E-state index contributed by atoms with van der Waals surface area (Å²) in [7, 11) is 0. The maximum absolute atomic E-state index is 11.4. The van der Waals surface area contributed by atoms with Gasteiger partial charge < -0.3 is 16.2 Å². The van der Waals surface area contributed by atoms with E-state index < -0.39 is 5.54 Å². The summed E-state index contributed by atoms with van der Waals surface area (Å²) in [4.78, 5) is 11.4. The third-order valence-electron chi connectivity index (χ3n) is 2.50. The molecule has 16 heavy (non-hydrogen) atoms. The Hall–Kier alpha value is -0.260. The molecule has 0 spiro atoms. The summed E-state index contributed by atoms with van der Waals surface area (Å²) in [6, 6.07) is 0. The van der Waals surface area contributed by atoms with Gasteiger partial charge in [0.2, 0.25) is 5.91 Å². The van der Waals surface area contributed by atoms with Gasteiger partial charge in [-0.15, -0.1) is 0 Å². The number of aliphatic hydroxyl groups excluding tert-OH is 1. The molecule has 0 aliphatic carbocycles. The zero-order chi connectivity index (χ0) is 12.6. The van der Waals surface area contributed by atoms with Gasteiger partial charge in [0, 0.05) is 11.0 Å². The smallest absolute Gasteiger partial charge is 0.237 e. The van der Waals surface area contributed by atoms with Crippen LogP contribution in [-0.4, -0.2) is 40.7 Å². The Labute approximate surface area is 102 Å². The van der Waals surface area contributed by atoms with Crippen molar-refractivity contribution >= 4 is 17.7 Å². The lowest BCUT2D eigenvalue weighted by Gasteiger charge is -2.30. The molecular formula is C11H24N2O2S. The summed E-state index contributed by atoms with van der Waals surface area (Å²) < 4.78 is 0. The number of hydrogen-bond acceptors (Lipinski definition) is 4. The zero-order valence-corrected chi connectivity index (χ0v) is 11.3. The Morgan fingerprint density at radius 3 is 2.69 bits per heavy atom. The molecule has 1 amide bonds. The molecule has 4 nitrogen and oxygen atoms in total. The molecule has 0 fully saturated rings. The predicted octanol–water partition coefficient (Wildman–Crippen LogP) is 0.734. The van der Waals surface area contributed by atoms with Gasteiger partial charge >= 0.3 is 0 Å². The molecule has 0 aliphatic heterocycles. The van der Waals surface area contributed by atoms with Crippen LogP contribution in [0.5, 0.6) is 0 Å². The van der Waals surface area contributed by atoms with Gasteiger partial charge in [-0.2, -0.15) is 11.8 Å². The lowest BCUT2D eigenvalue weighted by atomic mass is 9.95. The third kappa shape index (κ3) is 5.72. The molecule has 0 aromatic rings. The first-order valence-corrected chi connectivity index (χ1v) is 6.78. The van der Waals surface area contributed by atoms with Crippen LogP contribution in [0.4, 0.5) is 0 Å². The Kier molecular flexibility index (Phi) is 7.80. The minimum atomic E-state index is -0.641. The van der Waals surface area contributed by atoms with E-state index in [0.29, 0.717) is 17.4 Å². The molecule has 96 valence electrons. The molecule has 0 saturated carbocycles. The first-order chi connectivity index (χ1) is 7.46. The number of primary amides is 1. The highest BCUT2D eigenvalue weighted by Gasteiger charge is 2.31. The fraction of sp³-hybridized carbons (Fsp3) is 0.909. The average Bonchev–Trinajstić information content (AvgIpc) is 2.23. The first-order valence-electron chi connectivity index (χ1n) is 5.73. The van der Waals surface area contributed by atoms with Crippen LogP contribution in [0.2, 0.25) is 0 Å². The van der Waals surface area contributed by atoms with E-state index in [1.165, 1.54) is 0 Å². The number of carbonyl (C=O) groups is 1. The highest BCUT2D eigenvalue weighted by molar-refractivity contribution is 7.99. The van der Waals surface area contributed by atoms with Crippen molar-refractivity contribution in [1.82, 2.24) is 5.32 Å².